The number of rotatable bonds is 7. The maximum Gasteiger partial charge on any atom is 0.137 e. The second-order valence-corrected chi connectivity index (χ2v) is 4.12. The molecule has 0 aliphatic rings. The van der Waals surface area contributed by atoms with Crippen molar-refractivity contribution >= 4 is 0 Å². The number of aryl methyl sites for hydroxylation is 1. The SMILES string of the molecule is CCCn1ccc(CNCCc2ncn[nH]2)c1. The zero-order valence-corrected chi connectivity index (χ0v) is 10.2. The summed E-state index contributed by atoms with van der Waals surface area (Å²) in [5.74, 6) is 0.932. The molecule has 0 atom stereocenters. The number of aromatic amines is 1. The Morgan fingerprint density at radius 1 is 1.47 bits per heavy atom. The maximum atomic E-state index is 4.08. The van der Waals surface area contributed by atoms with Gasteiger partial charge in [-0.2, -0.15) is 5.10 Å². The van der Waals surface area contributed by atoms with E-state index in [1.165, 1.54) is 12.0 Å². The molecule has 17 heavy (non-hydrogen) atoms. The van der Waals surface area contributed by atoms with Crippen LogP contribution in [0, 0.1) is 0 Å². The molecule has 0 unspecified atom stereocenters. The number of aromatic nitrogens is 4. The predicted octanol–water partition coefficient (Wildman–Crippen LogP) is 1.35. The first kappa shape index (κ1) is 11.9. The third-order valence-corrected chi connectivity index (χ3v) is 2.63. The molecule has 0 bridgehead atoms. The van der Waals surface area contributed by atoms with Gasteiger partial charge in [0.2, 0.25) is 0 Å². The summed E-state index contributed by atoms with van der Waals surface area (Å²) in [6.07, 6.45) is 7.94. The van der Waals surface area contributed by atoms with Crippen LogP contribution in [-0.4, -0.2) is 26.3 Å². The summed E-state index contributed by atoms with van der Waals surface area (Å²) in [5.41, 5.74) is 1.33. The van der Waals surface area contributed by atoms with Crippen LogP contribution >= 0.6 is 0 Å². The summed E-state index contributed by atoms with van der Waals surface area (Å²) in [6.45, 7) is 5.10. The van der Waals surface area contributed by atoms with E-state index in [-0.39, 0.29) is 0 Å². The Hall–Kier alpha value is -1.62. The molecule has 0 radical (unpaired) electrons. The smallest absolute Gasteiger partial charge is 0.137 e. The molecular formula is C12H19N5. The summed E-state index contributed by atoms with van der Waals surface area (Å²) in [7, 11) is 0. The molecule has 0 aliphatic carbocycles. The Morgan fingerprint density at radius 3 is 3.18 bits per heavy atom. The lowest BCUT2D eigenvalue weighted by Crippen LogP contribution is -2.16. The van der Waals surface area contributed by atoms with Crippen molar-refractivity contribution in [1.29, 1.82) is 0 Å². The van der Waals surface area contributed by atoms with Gasteiger partial charge in [-0.3, -0.25) is 5.10 Å². The zero-order valence-electron chi connectivity index (χ0n) is 10.2. The van der Waals surface area contributed by atoms with Crippen LogP contribution in [0.3, 0.4) is 0 Å². The average Bonchev–Trinajstić information content (AvgIpc) is 2.96. The molecular weight excluding hydrogens is 214 g/mol. The minimum atomic E-state index is 0.885. The minimum absolute atomic E-state index is 0.885. The molecule has 0 saturated carbocycles. The van der Waals surface area contributed by atoms with E-state index in [2.05, 4.69) is 50.4 Å². The lowest BCUT2D eigenvalue weighted by molar-refractivity contribution is 0.659. The lowest BCUT2D eigenvalue weighted by Gasteiger charge is -2.01. The molecule has 2 aromatic heterocycles. The van der Waals surface area contributed by atoms with Crippen molar-refractivity contribution in [2.45, 2.75) is 32.9 Å². The van der Waals surface area contributed by atoms with Crippen LogP contribution < -0.4 is 5.32 Å². The monoisotopic (exact) mass is 233 g/mol. The van der Waals surface area contributed by atoms with Crippen molar-refractivity contribution in [3.8, 4) is 0 Å². The van der Waals surface area contributed by atoms with Crippen LogP contribution in [0.5, 0.6) is 0 Å². The molecule has 2 heterocycles. The first-order valence-electron chi connectivity index (χ1n) is 6.08. The second kappa shape index (κ2) is 6.20. The highest BCUT2D eigenvalue weighted by molar-refractivity contribution is 5.09. The van der Waals surface area contributed by atoms with Crippen molar-refractivity contribution in [3.05, 3.63) is 36.2 Å². The van der Waals surface area contributed by atoms with E-state index in [0.29, 0.717) is 0 Å². The van der Waals surface area contributed by atoms with Crippen LogP contribution in [0.4, 0.5) is 0 Å². The Morgan fingerprint density at radius 2 is 2.41 bits per heavy atom. The first-order valence-corrected chi connectivity index (χ1v) is 6.08. The number of nitrogens with zero attached hydrogens (tertiary/aromatic N) is 3. The fourth-order valence-corrected chi connectivity index (χ4v) is 1.78. The first-order chi connectivity index (χ1) is 8.38. The number of hydrogen-bond acceptors (Lipinski definition) is 3. The topological polar surface area (TPSA) is 58.5 Å². The molecule has 0 fully saturated rings. The normalized spacial score (nSPS) is 10.9. The van der Waals surface area contributed by atoms with Gasteiger partial charge in [-0.1, -0.05) is 6.92 Å². The van der Waals surface area contributed by atoms with Gasteiger partial charge in [-0.15, -0.1) is 0 Å². The molecule has 2 aromatic rings. The fraction of sp³-hybridized carbons (Fsp3) is 0.500. The zero-order chi connectivity index (χ0) is 11.9. The van der Waals surface area contributed by atoms with Crippen molar-refractivity contribution in [3.63, 3.8) is 0 Å². The molecule has 0 aliphatic heterocycles. The van der Waals surface area contributed by atoms with E-state index in [1.807, 2.05) is 0 Å². The minimum Gasteiger partial charge on any atom is -0.354 e. The van der Waals surface area contributed by atoms with Crippen LogP contribution in [0.2, 0.25) is 0 Å². The lowest BCUT2D eigenvalue weighted by atomic mass is 10.3. The van der Waals surface area contributed by atoms with Gasteiger partial charge in [0.25, 0.3) is 0 Å². The molecule has 0 spiro atoms. The molecule has 0 saturated heterocycles. The standard InChI is InChI=1S/C12H19N5/c1-2-6-17-7-4-11(9-17)8-13-5-3-12-14-10-15-16-12/h4,7,9-10,13H,2-3,5-6,8H2,1H3,(H,14,15,16). The van der Waals surface area contributed by atoms with Crippen LogP contribution in [-0.2, 0) is 19.5 Å². The molecule has 5 nitrogen and oxygen atoms in total. The average molecular weight is 233 g/mol. The molecule has 92 valence electrons. The van der Waals surface area contributed by atoms with Gasteiger partial charge >= 0.3 is 0 Å². The Labute approximate surface area is 101 Å². The predicted molar refractivity (Wildman–Crippen MR) is 66.5 cm³/mol. The molecule has 2 N–H and O–H groups in total. The van der Waals surface area contributed by atoms with Gasteiger partial charge in [-0.25, -0.2) is 4.98 Å². The third kappa shape index (κ3) is 3.71. The number of nitrogens with one attached hydrogen (secondary N) is 2. The van der Waals surface area contributed by atoms with E-state index in [0.717, 1.165) is 31.9 Å². The highest BCUT2D eigenvalue weighted by Crippen LogP contribution is 2.01. The quantitative estimate of drug-likeness (QED) is 0.710. The largest absolute Gasteiger partial charge is 0.354 e. The van der Waals surface area contributed by atoms with Crippen molar-refractivity contribution in [1.82, 2.24) is 25.1 Å². The van der Waals surface area contributed by atoms with Crippen molar-refractivity contribution < 1.29 is 0 Å². The highest BCUT2D eigenvalue weighted by Gasteiger charge is 1.97. The fourth-order valence-electron chi connectivity index (χ4n) is 1.78. The summed E-state index contributed by atoms with van der Waals surface area (Å²) in [4.78, 5) is 4.08. The van der Waals surface area contributed by atoms with E-state index >= 15 is 0 Å². The summed E-state index contributed by atoms with van der Waals surface area (Å²) >= 11 is 0. The van der Waals surface area contributed by atoms with Gasteiger partial charge in [0.15, 0.2) is 0 Å². The Bertz CT molecular complexity index is 418. The van der Waals surface area contributed by atoms with E-state index in [1.54, 1.807) is 6.33 Å². The van der Waals surface area contributed by atoms with Gasteiger partial charge < -0.3 is 9.88 Å². The second-order valence-electron chi connectivity index (χ2n) is 4.12. The van der Waals surface area contributed by atoms with Gasteiger partial charge in [-0.05, 0) is 18.1 Å². The summed E-state index contributed by atoms with van der Waals surface area (Å²) in [6, 6.07) is 2.16. The molecule has 0 aromatic carbocycles. The molecule has 2 rings (SSSR count). The van der Waals surface area contributed by atoms with E-state index in [9.17, 15) is 0 Å². The van der Waals surface area contributed by atoms with E-state index in [4.69, 9.17) is 0 Å². The molecule has 5 heteroatoms. The van der Waals surface area contributed by atoms with Crippen molar-refractivity contribution in [2.75, 3.05) is 6.54 Å². The van der Waals surface area contributed by atoms with Crippen LogP contribution in [0.15, 0.2) is 24.8 Å². The highest BCUT2D eigenvalue weighted by atomic mass is 15.2. The van der Waals surface area contributed by atoms with Crippen LogP contribution in [0.25, 0.3) is 0 Å². The number of H-pyrrole nitrogens is 1. The molecule has 0 amide bonds. The summed E-state index contributed by atoms with van der Waals surface area (Å²) < 4.78 is 2.23. The van der Waals surface area contributed by atoms with Gasteiger partial charge in [0.05, 0.1) is 0 Å². The van der Waals surface area contributed by atoms with Gasteiger partial charge in [0.1, 0.15) is 12.2 Å². The third-order valence-electron chi connectivity index (χ3n) is 2.63. The Balaban J connectivity index is 1.67. The summed E-state index contributed by atoms with van der Waals surface area (Å²) in [5, 5.41) is 10.1. The van der Waals surface area contributed by atoms with E-state index < -0.39 is 0 Å². The van der Waals surface area contributed by atoms with Crippen LogP contribution in [0.1, 0.15) is 24.7 Å². The van der Waals surface area contributed by atoms with Gasteiger partial charge in [0, 0.05) is 38.4 Å². The van der Waals surface area contributed by atoms with Crippen molar-refractivity contribution in [2.24, 2.45) is 0 Å². The number of hydrogen-bond donors (Lipinski definition) is 2. The Kier molecular flexibility index (Phi) is 4.32. The maximum absolute atomic E-state index is 4.08.